The molecule has 0 saturated carbocycles. The van der Waals surface area contributed by atoms with Crippen LogP contribution < -0.4 is 0 Å². The maximum absolute atomic E-state index is 11.9. The van der Waals surface area contributed by atoms with Gasteiger partial charge in [-0.15, -0.1) is 0 Å². The molecule has 1 aromatic carbocycles. The summed E-state index contributed by atoms with van der Waals surface area (Å²) in [4.78, 5) is 33.7. The van der Waals surface area contributed by atoms with Crippen LogP contribution in [0.25, 0.3) is 0 Å². The Bertz CT molecular complexity index is 512. The van der Waals surface area contributed by atoms with Gasteiger partial charge in [0.05, 0.1) is 30.9 Å². The summed E-state index contributed by atoms with van der Waals surface area (Å²) in [6, 6.07) is 6.59. The fourth-order valence-corrected chi connectivity index (χ4v) is 1.82. The van der Waals surface area contributed by atoms with Gasteiger partial charge < -0.3 is 14.2 Å². The minimum Gasteiger partial charge on any atom is -0.466 e. The highest BCUT2D eigenvalue weighted by Crippen LogP contribution is 2.12. The molecule has 146 valence electrons. The highest BCUT2D eigenvalue weighted by Gasteiger charge is 2.18. The Labute approximate surface area is 155 Å². The summed E-state index contributed by atoms with van der Waals surface area (Å²) >= 11 is 0. The molecule has 0 aliphatic heterocycles. The number of esters is 3. The Morgan fingerprint density at radius 2 is 1.19 bits per heavy atom. The number of unbranched alkanes of at least 4 members (excludes halogenated alkanes) is 2. The van der Waals surface area contributed by atoms with Crippen molar-refractivity contribution >= 4 is 17.9 Å². The second kappa shape index (κ2) is 14.9. The minimum absolute atomic E-state index is 0.211. The van der Waals surface area contributed by atoms with E-state index in [9.17, 15) is 14.4 Å². The largest absolute Gasteiger partial charge is 0.466 e. The van der Waals surface area contributed by atoms with Crippen molar-refractivity contribution in [3.8, 4) is 0 Å². The first-order chi connectivity index (χ1) is 12.5. The Hall–Kier alpha value is -2.37. The van der Waals surface area contributed by atoms with E-state index in [4.69, 9.17) is 9.47 Å². The molecule has 0 amide bonds. The van der Waals surface area contributed by atoms with Crippen LogP contribution in [0.1, 0.15) is 74.1 Å². The molecule has 0 aliphatic rings. The SMILES string of the molecule is CCCCOC(=O)c1ccccc1C(=O)OCCCC.CCOC(C)=O. The van der Waals surface area contributed by atoms with Crippen LogP contribution in [0.4, 0.5) is 0 Å². The fourth-order valence-electron chi connectivity index (χ4n) is 1.82. The van der Waals surface area contributed by atoms with Gasteiger partial charge in [0.15, 0.2) is 0 Å². The van der Waals surface area contributed by atoms with Crippen molar-refractivity contribution in [3.05, 3.63) is 35.4 Å². The zero-order valence-electron chi connectivity index (χ0n) is 16.2. The predicted octanol–water partition coefficient (Wildman–Crippen LogP) is 4.17. The number of ether oxygens (including phenoxy) is 3. The van der Waals surface area contributed by atoms with Crippen LogP contribution in [-0.4, -0.2) is 37.7 Å². The third-order valence-electron chi connectivity index (χ3n) is 3.18. The van der Waals surface area contributed by atoms with E-state index in [0.29, 0.717) is 19.8 Å². The predicted molar refractivity (Wildman–Crippen MR) is 99.1 cm³/mol. The average Bonchev–Trinajstić information content (AvgIpc) is 2.62. The van der Waals surface area contributed by atoms with Gasteiger partial charge in [-0.3, -0.25) is 4.79 Å². The molecule has 0 saturated heterocycles. The quantitative estimate of drug-likeness (QED) is 0.371. The van der Waals surface area contributed by atoms with Crippen LogP contribution in [-0.2, 0) is 19.0 Å². The normalized spacial score (nSPS) is 9.54. The zero-order chi connectivity index (χ0) is 19.8. The molecule has 0 bridgehead atoms. The Morgan fingerprint density at radius 1 is 0.769 bits per heavy atom. The second-order valence-corrected chi connectivity index (χ2v) is 5.45. The maximum Gasteiger partial charge on any atom is 0.339 e. The third-order valence-corrected chi connectivity index (χ3v) is 3.18. The van der Waals surface area contributed by atoms with Gasteiger partial charge in [-0.2, -0.15) is 0 Å². The van der Waals surface area contributed by atoms with Crippen molar-refractivity contribution in [3.63, 3.8) is 0 Å². The first kappa shape index (κ1) is 23.6. The van der Waals surface area contributed by atoms with Gasteiger partial charge in [-0.05, 0) is 31.9 Å². The van der Waals surface area contributed by atoms with Gasteiger partial charge in [-0.1, -0.05) is 38.8 Å². The Balaban J connectivity index is 0.000000896. The van der Waals surface area contributed by atoms with Crippen LogP contribution in [0.3, 0.4) is 0 Å². The van der Waals surface area contributed by atoms with Gasteiger partial charge in [0.1, 0.15) is 0 Å². The van der Waals surface area contributed by atoms with E-state index in [2.05, 4.69) is 4.74 Å². The van der Waals surface area contributed by atoms with E-state index < -0.39 is 11.9 Å². The van der Waals surface area contributed by atoms with Crippen LogP contribution >= 0.6 is 0 Å². The van der Waals surface area contributed by atoms with Gasteiger partial charge >= 0.3 is 17.9 Å². The van der Waals surface area contributed by atoms with E-state index in [-0.39, 0.29) is 17.1 Å². The molecule has 6 heteroatoms. The van der Waals surface area contributed by atoms with E-state index >= 15 is 0 Å². The summed E-state index contributed by atoms with van der Waals surface area (Å²) in [6.07, 6.45) is 3.53. The lowest BCUT2D eigenvalue weighted by Crippen LogP contribution is -2.14. The molecule has 0 fully saturated rings. The molecule has 0 N–H and O–H groups in total. The highest BCUT2D eigenvalue weighted by atomic mass is 16.5. The number of rotatable bonds is 9. The number of hydrogen-bond acceptors (Lipinski definition) is 6. The lowest BCUT2D eigenvalue weighted by molar-refractivity contribution is -0.140. The average molecular weight is 366 g/mol. The summed E-state index contributed by atoms with van der Waals surface area (Å²) in [7, 11) is 0. The van der Waals surface area contributed by atoms with Gasteiger partial charge in [0.25, 0.3) is 0 Å². The summed E-state index contributed by atoms with van der Waals surface area (Å²) in [5.41, 5.74) is 0.537. The molecule has 0 spiro atoms. The van der Waals surface area contributed by atoms with Crippen molar-refractivity contribution in [2.75, 3.05) is 19.8 Å². The van der Waals surface area contributed by atoms with Crippen molar-refractivity contribution in [1.82, 2.24) is 0 Å². The number of carbonyl (C=O) groups is 3. The summed E-state index contributed by atoms with van der Waals surface area (Å²) in [5, 5.41) is 0. The molecule has 0 atom stereocenters. The van der Waals surface area contributed by atoms with E-state index in [1.54, 1.807) is 31.2 Å². The molecule has 6 nitrogen and oxygen atoms in total. The molecule has 1 rings (SSSR count). The minimum atomic E-state index is -0.471. The molecule has 26 heavy (non-hydrogen) atoms. The molecular formula is C20H30O6. The van der Waals surface area contributed by atoms with Crippen molar-refractivity contribution in [1.29, 1.82) is 0 Å². The molecule has 0 radical (unpaired) electrons. The lowest BCUT2D eigenvalue weighted by atomic mass is 10.1. The van der Waals surface area contributed by atoms with Crippen LogP contribution in [0.15, 0.2) is 24.3 Å². The monoisotopic (exact) mass is 366 g/mol. The fraction of sp³-hybridized carbons (Fsp3) is 0.550. The molecule has 0 unspecified atom stereocenters. The van der Waals surface area contributed by atoms with Crippen molar-refractivity contribution in [2.24, 2.45) is 0 Å². The number of carbonyl (C=O) groups excluding carboxylic acids is 3. The van der Waals surface area contributed by atoms with Crippen LogP contribution in [0.5, 0.6) is 0 Å². The van der Waals surface area contributed by atoms with E-state index in [0.717, 1.165) is 25.7 Å². The number of benzene rings is 1. The third kappa shape index (κ3) is 10.5. The van der Waals surface area contributed by atoms with Crippen LogP contribution in [0.2, 0.25) is 0 Å². The van der Waals surface area contributed by atoms with Gasteiger partial charge in [0.2, 0.25) is 0 Å². The maximum atomic E-state index is 11.9. The molecule has 1 aromatic rings. The van der Waals surface area contributed by atoms with Gasteiger partial charge in [-0.25, -0.2) is 9.59 Å². The molecule has 0 aromatic heterocycles. The van der Waals surface area contributed by atoms with Crippen molar-refractivity contribution < 1.29 is 28.6 Å². The molecule has 0 heterocycles. The Morgan fingerprint density at radius 3 is 1.46 bits per heavy atom. The lowest BCUT2D eigenvalue weighted by Gasteiger charge is -2.09. The standard InChI is InChI=1S/C16H22O4.C4H8O2/c1-3-5-11-19-15(17)13-9-7-8-10-14(13)16(18)20-12-6-4-2;1-3-6-4(2)5/h7-10H,3-6,11-12H2,1-2H3;3H2,1-2H3. The zero-order valence-corrected chi connectivity index (χ0v) is 16.2. The van der Waals surface area contributed by atoms with Crippen molar-refractivity contribution in [2.45, 2.75) is 53.4 Å². The smallest absolute Gasteiger partial charge is 0.339 e. The molecular weight excluding hydrogens is 336 g/mol. The first-order valence-electron chi connectivity index (χ1n) is 9.04. The summed E-state index contributed by atoms with van der Waals surface area (Å²) in [6.45, 7) is 8.43. The summed E-state index contributed by atoms with van der Waals surface area (Å²) < 4.78 is 14.7. The molecule has 0 aliphatic carbocycles. The summed E-state index contributed by atoms with van der Waals surface area (Å²) in [5.74, 6) is -1.15. The van der Waals surface area contributed by atoms with Crippen LogP contribution in [0, 0.1) is 0 Å². The highest BCUT2D eigenvalue weighted by molar-refractivity contribution is 6.03. The van der Waals surface area contributed by atoms with E-state index in [1.165, 1.54) is 6.92 Å². The number of hydrogen-bond donors (Lipinski definition) is 0. The van der Waals surface area contributed by atoms with Gasteiger partial charge in [0, 0.05) is 6.92 Å². The van der Waals surface area contributed by atoms with E-state index in [1.807, 2.05) is 13.8 Å². The first-order valence-corrected chi connectivity index (χ1v) is 9.04. The topological polar surface area (TPSA) is 78.9 Å². The second-order valence-electron chi connectivity index (χ2n) is 5.45. The Kier molecular flexibility index (Phi) is 13.6.